The largest absolute Gasteiger partial charge is 0.320 e. The lowest BCUT2D eigenvalue weighted by Crippen LogP contribution is -2.14. The molecule has 20 heavy (non-hydrogen) atoms. The summed E-state index contributed by atoms with van der Waals surface area (Å²) in [6.07, 6.45) is 0. The maximum absolute atomic E-state index is 13.4. The summed E-state index contributed by atoms with van der Waals surface area (Å²) in [6.45, 7) is 6.52. The molecule has 106 valence electrons. The highest BCUT2D eigenvalue weighted by atomic mass is 79.9. The summed E-state index contributed by atoms with van der Waals surface area (Å²) in [5.74, 6) is -0.281. The first-order chi connectivity index (χ1) is 9.27. The molecule has 0 spiro atoms. The zero-order chi connectivity index (χ0) is 14.9. The molecule has 0 aliphatic heterocycles. The summed E-state index contributed by atoms with van der Waals surface area (Å²) < 4.78 is 14.1. The molecule has 2 aromatic rings. The summed E-state index contributed by atoms with van der Waals surface area (Å²) in [6, 6.07) is 12.6. The number of benzene rings is 2. The summed E-state index contributed by atoms with van der Waals surface area (Å²) >= 11 is 3.30. The van der Waals surface area contributed by atoms with Crippen molar-refractivity contribution in [3.8, 4) is 0 Å². The van der Waals surface area contributed by atoms with Gasteiger partial charge in [0.25, 0.3) is 0 Å². The molecule has 0 bridgehead atoms. The lowest BCUT2D eigenvalue weighted by Gasteiger charge is -2.20. The van der Waals surface area contributed by atoms with Crippen molar-refractivity contribution in [1.82, 2.24) is 0 Å². The lowest BCUT2D eigenvalue weighted by molar-refractivity contribution is 0.589. The van der Waals surface area contributed by atoms with Crippen molar-refractivity contribution in [2.75, 3.05) is 0 Å². The quantitative estimate of drug-likeness (QED) is 0.826. The molecule has 0 saturated heterocycles. The minimum Gasteiger partial charge on any atom is -0.320 e. The van der Waals surface area contributed by atoms with Crippen molar-refractivity contribution in [3.63, 3.8) is 0 Å². The summed E-state index contributed by atoms with van der Waals surface area (Å²) in [4.78, 5) is 0. The molecule has 1 atom stereocenters. The summed E-state index contributed by atoms with van der Waals surface area (Å²) in [7, 11) is 0. The highest BCUT2D eigenvalue weighted by molar-refractivity contribution is 9.10. The van der Waals surface area contributed by atoms with E-state index in [0.29, 0.717) is 4.47 Å². The average Bonchev–Trinajstić information content (AvgIpc) is 2.36. The van der Waals surface area contributed by atoms with Crippen LogP contribution in [-0.2, 0) is 5.41 Å². The van der Waals surface area contributed by atoms with Crippen LogP contribution >= 0.6 is 15.9 Å². The fourth-order valence-corrected chi connectivity index (χ4v) is 2.62. The highest BCUT2D eigenvalue weighted by Crippen LogP contribution is 2.27. The fraction of sp³-hybridized carbons (Fsp3) is 0.294. The van der Waals surface area contributed by atoms with E-state index in [1.54, 1.807) is 0 Å². The molecule has 2 aromatic carbocycles. The minimum absolute atomic E-state index is 0.116. The Bertz CT molecular complexity index is 579. The molecule has 0 radical (unpaired) electrons. The Kier molecular flexibility index (Phi) is 4.31. The van der Waals surface area contributed by atoms with Gasteiger partial charge in [0.15, 0.2) is 0 Å². The summed E-state index contributed by atoms with van der Waals surface area (Å²) in [5.41, 5.74) is 9.35. The van der Waals surface area contributed by atoms with E-state index in [1.807, 2.05) is 18.2 Å². The number of hydrogen-bond donors (Lipinski definition) is 1. The van der Waals surface area contributed by atoms with Crippen LogP contribution in [0.5, 0.6) is 0 Å². The van der Waals surface area contributed by atoms with E-state index in [-0.39, 0.29) is 17.3 Å². The molecule has 0 aliphatic carbocycles. The average molecular weight is 336 g/mol. The van der Waals surface area contributed by atoms with Crippen LogP contribution in [0.1, 0.15) is 43.5 Å². The maximum atomic E-state index is 13.4. The van der Waals surface area contributed by atoms with E-state index in [0.717, 1.165) is 11.1 Å². The molecule has 1 unspecified atom stereocenters. The predicted molar refractivity (Wildman–Crippen MR) is 85.3 cm³/mol. The monoisotopic (exact) mass is 335 g/mol. The van der Waals surface area contributed by atoms with Gasteiger partial charge in [0.05, 0.1) is 6.04 Å². The third-order valence-corrected chi connectivity index (χ3v) is 3.84. The number of rotatable bonds is 2. The van der Waals surface area contributed by atoms with Gasteiger partial charge in [0.2, 0.25) is 0 Å². The molecule has 0 aliphatic rings. The zero-order valence-electron chi connectivity index (χ0n) is 12.0. The van der Waals surface area contributed by atoms with E-state index in [1.165, 1.54) is 17.7 Å². The van der Waals surface area contributed by atoms with Gasteiger partial charge in [-0.2, -0.15) is 0 Å². The van der Waals surface area contributed by atoms with Crippen LogP contribution in [0, 0.1) is 5.82 Å². The Balaban J connectivity index is 2.31. The van der Waals surface area contributed by atoms with Crippen molar-refractivity contribution < 1.29 is 4.39 Å². The molecule has 0 aromatic heterocycles. The molecule has 0 amide bonds. The normalized spacial score (nSPS) is 13.3. The number of nitrogens with two attached hydrogens (primary N) is 1. The third kappa shape index (κ3) is 3.47. The Hall–Kier alpha value is -1.19. The van der Waals surface area contributed by atoms with Gasteiger partial charge in [-0.05, 0) is 40.3 Å². The fourth-order valence-electron chi connectivity index (χ4n) is 2.14. The molecule has 2 rings (SSSR count). The van der Waals surface area contributed by atoms with Crippen molar-refractivity contribution in [2.45, 2.75) is 32.2 Å². The Morgan fingerprint density at radius 1 is 1.00 bits per heavy atom. The molecule has 0 saturated carbocycles. The summed E-state index contributed by atoms with van der Waals surface area (Å²) in [5, 5.41) is 0. The maximum Gasteiger partial charge on any atom is 0.124 e. The van der Waals surface area contributed by atoms with E-state index >= 15 is 0 Å². The first kappa shape index (κ1) is 15.2. The molecular formula is C17H19BrFN. The minimum atomic E-state index is -0.323. The first-order valence-electron chi connectivity index (χ1n) is 6.59. The Morgan fingerprint density at radius 3 is 2.10 bits per heavy atom. The van der Waals surface area contributed by atoms with Gasteiger partial charge in [-0.15, -0.1) is 0 Å². The molecule has 0 fully saturated rings. The zero-order valence-corrected chi connectivity index (χ0v) is 13.5. The van der Waals surface area contributed by atoms with E-state index in [9.17, 15) is 4.39 Å². The van der Waals surface area contributed by atoms with Gasteiger partial charge in [0.1, 0.15) is 5.82 Å². The van der Waals surface area contributed by atoms with Gasteiger partial charge >= 0.3 is 0 Å². The molecule has 1 nitrogen and oxygen atoms in total. The SMILES string of the molecule is CC(C)(C)c1ccc(C(N)c2cc(F)cc(Br)c2)cc1. The van der Waals surface area contributed by atoms with Crippen LogP contribution in [-0.4, -0.2) is 0 Å². The molecule has 3 heteroatoms. The van der Waals surface area contributed by atoms with Gasteiger partial charge in [-0.25, -0.2) is 4.39 Å². The van der Waals surface area contributed by atoms with Crippen molar-refractivity contribution >= 4 is 15.9 Å². The third-order valence-electron chi connectivity index (χ3n) is 3.38. The van der Waals surface area contributed by atoms with E-state index in [4.69, 9.17) is 5.73 Å². The molecule has 2 N–H and O–H groups in total. The highest BCUT2D eigenvalue weighted by Gasteiger charge is 2.15. The van der Waals surface area contributed by atoms with Crippen LogP contribution in [0.15, 0.2) is 46.9 Å². The molecule has 0 heterocycles. The second kappa shape index (κ2) is 5.66. The number of hydrogen-bond acceptors (Lipinski definition) is 1. The standard InChI is InChI=1S/C17H19BrFN/c1-17(2,3)13-6-4-11(5-7-13)16(20)12-8-14(18)10-15(19)9-12/h4-10,16H,20H2,1-3H3. The van der Waals surface area contributed by atoms with E-state index in [2.05, 4.69) is 48.8 Å². The Morgan fingerprint density at radius 2 is 1.60 bits per heavy atom. The van der Waals surface area contributed by atoms with Gasteiger partial charge in [0, 0.05) is 4.47 Å². The molecular weight excluding hydrogens is 317 g/mol. The van der Waals surface area contributed by atoms with Crippen molar-refractivity contribution in [3.05, 3.63) is 69.4 Å². The second-order valence-corrected chi connectivity index (χ2v) is 6.97. The predicted octanol–water partition coefficient (Wildman–Crippen LogP) is 4.93. The van der Waals surface area contributed by atoms with Crippen LogP contribution in [0.25, 0.3) is 0 Å². The van der Waals surface area contributed by atoms with Crippen molar-refractivity contribution in [1.29, 1.82) is 0 Å². The number of halogens is 2. The van der Waals surface area contributed by atoms with Gasteiger partial charge < -0.3 is 5.73 Å². The first-order valence-corrected chi connectivity index (χ1v) is 7.39. The van der Waals surface area contributed by atoms with Gasteiger partial charge in [-0.1, -0.05) is 61.0 Å². The second-order valence-electron chi connectivity index (χ2n) is 6.05. The van der Waals surface area contributed by atoms with Crippen molar-refractivity contribution in [2.24, 2.45) is 5.73 Å². The van der Waals surface area contributed by atoms with Crippen LogP contribution in [0.3, 0.4) is 0 Å². The smallest absolute Gasteiger partial charge is 0.124 e. The van der Waals surface area contributed by atoms with Crippen LogP contribution < -0.4 is 5.73 Å². The Labute approximate surface area is 128 Å². The van der Waals surface area contributed by atoms with Gasteiger partial charge in [-0.3, -0.25) is 0 Å². The van der Waals surface area contributed by atoms with E-state index < -0.39 is 0 Å². The lowest BCUT2D eigenvalue weighted by atomic mass is 9.86. The van der Waals surface area contributed by atoms with Crippen LogP contribution in [0.2, 0.25) is 0 Å². The van der Waals surface area contributed by atoms with Crippen LogP contribution in [0.4, 0.5) is 4.39 Å². The topological polar surface area (TPSA) is 26.0 Å².